The summed E-state index contributed by atoms with van der Waals surface area (Å²) in [7, 11) is 0. The lowest BCUT2D eigenvalue weighted by Crippen LogP contribution is -2.40. The molecule has 19 heavy (non-hydrogen) atoms. The maximum Gasteiger partial charge on any atom is 0.259 e. The standard InChI is InChI=1S/C14H20N2O3/c1-2-19-12-5-3-4-11(15)13(12)14(18)16-8-6-10(17)7-9-16/h3-5,10,17H,2,6-9,15H2,1H3. The van der Waals surface area contributed by atoms with E-state index in [1.165, 1.54) is 0 Å². The number of nitrogens with zero attached hydrogens (tertiary/aromatic N) is 1. The van der Waals surface area contributed by atoms with Gasteiger partial charge in [0.15, 0.2) is 0 Å². The zero-order chi connectivity index (χ0) is 13.8. The van der Waals surface area contributed by atoms with Crippen molar-refractivity contribution < 1.29 is 14.6 Å². The number of hydrogen-bond acceptors (Lipinski definition) is 4. The molecule has 1 heterocycles. The number of carbonyl (C=O) groups excluding carboxylic acids is 1. The van der Waals surface area contributed by atoms with Gasteiger partial charge >= 0.3 is 0 Å². The van der Waals surface area contributed by atoms with Crippen LogP contribution in [0.5, 0.6) is 5.75 Å². The van der Waals surface area contributed by atoms with Crippen molar-refractivity contribution in [2.24, 2.45) is 0 Å². The first-order chi connectivity index (χ1) is 9.13. The Hall–Kier alpha value is -1.75. The molecule has 3 N–H and O–H groups in total. The van der Waals surface area contributed by atoms with Gasteiger partial charge in [0.05, 0.1) is 12.7 Å². The molecule has 1 aromatic carbocycles. The van der Waals surface area contributed by atoms with E-state index in [0.29, 0.717) is 49.5 Å². The Kier molecular flexibility index (Phi) is 4.27. The van der Waals surface area contributed by atoms with E-state index in [0.717, 1.165) is 0 Å². The molecule has 0 spiro atoms. The Bertz CT molecular complexity index is 454. The molecule has 1 saturated heterocycles. The van der Waals surface area contributed by atoms with Gasteiger partial charge in [-0.15, -0.1) is 0 Å². The van der Waals surface area contributed by atoms with Gasteiger partial charge in [0, 0.05) is 18.8 Å². The number of rotatable bonds is 3. The number of nitrogen functional groups attached to an aromatic ring is 1. The average Bonchev–Trinajstić information content (AvgIpc) is 2.39. The Morgan fingerprint density at radius 1 is 1.47 bits per heavy atom. The smallest absolute Gasteiger partial charge is 0.259 e. The van der Waals surface area contributed by atoms with Crippen LogP contribution < -0.4 is 10.5 Å². The van der Waals surface area contributed by atoms with Crippen LogP contribution in [0.3, 0.4) is 0 Å². The fourth-order valence-corrected chi connectivity index (χ4v) is 2.28. The average molecular weight is 264 g/mol. The van der Waals surface area contributed by atoms with Crippen molar-refractivity contribution in [2.45, 2.75) is 25.9 Å². The van der Waals surface area contributed by atoms with Crippen molar-refractivity contribution in [3.05, 3.63) is 23.8 Å². The third-order valence-electron chi connectivity index (χ3n) is 3.32. The van der Waals surface area contributed by atoms with Crippen LogP contribution in [0, 0.1) is 0 Å². The van der Waals surface area contributed by atoms with E-state index in [-0.39, 0.29) is 12.0 Å². The van der Waals surface area contributed by atoms with Gasteiger partial charge < -0.3 is 20.5 Å². The minimum atomic E-state index is -0.302. The van der Waals surface area contributed by atoms with E-state index >= 15 is 0 Å². The second kappa shape index (κ2) is 5.93. The highest BCUT2D eigenvalue weighted by atomic mass is 16.5. The number of anilines is 1. The Labute approximate surface area is 113 Å². The Morgan fingerprint density at radius 2 is 2.16 bits per heavy atom. The molecule has 0 aliphatic carbocycles. The van der Waals surface area contributed by atoms with Crippen molar-refractivity contribution in [3.63, 3.8) is 0 Å². The molecule has 5 nitrogen and oxygen atoms in total. The number of likely N-dealkylation sites (tertiary alicyclic amines) is 1. The SMILES string of the molecule is CCOc1cccc(N)c1C(=O)N1CCC(O)CC1. The zero-order valence-electron chi connectivity index (χ0n) is 11.1. The number of hydrogen-bond donors (Lipinski definition) is 2. The summed E-state index contributed by atoms with van der Waals surface area (Å²) >= 11 is 0. The summed E-state index contributed by atoms with van der Waals surface area (Å²) in [5.41, 5.74) is 6.77. The van der Waals surface area contributed by atoms with E-state index in [2.05, 4.69) is 0 Å². The Morgan fingerprint density at radius 3 is 2.79 bits per heavy atom. The molecule has 0 atom stereocenters. The Balaban J connectivity index is 2.23. The fraction of sp³-hybridized carbons (Fsp3) is 0.500. The highest BCUT2D eigenvalue weighted by Gasteiger charge is 2.26. The summed E-state index contributed by atoms with van der Waals surface area (Å²) in [5.74, 6) is 0.409. The number of ether oxygens (including phenoxy) is 1. The zero-order valence-corrected chi connectivity index (χ0v) is 11.1. The van der Waals surface area contributed by atoms with Gasteiger partial charge in [0.25, 0.3) is 5.91 Å². The summed E-state index contributed by atoms with van der Waals surface area (Å²) in [6.07, 6.45) is 0.925. The molecule has 0 unspecified atom stereocenters. The number of aliphatic hydroxyl groups excluding tert-OH is 1. The van der Waals surface area contributed by atoms with Crippen LogP contribution in [0.2, 0.25) is 0 Å². The van der Waals surface area contributed by atoms with Crippen molar-refractivity contribution >= 4 is 11.6 Å². The molecule has 0 bridgehead atoms. The summed E-state index contributed by atoms with van der Waals surface area (Å²) < 4.78 is 5.47. The fourth-order valence-electron chi connectivity index (χ4n) is 2.28. The minimum Gasteiger partial charge on any atom is -0.493 e. The molecule has 1 aliphatic heterocycles. The van der Waals surface area contributed by atoms with E-state index in [1.54, 1.807) is 23.1 Å². The largest absolute Gasteiger partial charge is 0.493 e. The predicted molar refractivity (Wildman–Crippen MR) is 73.2 cm³/mol. The second-order valence-corrected chi connectivity index (χ2v) is 4.68. The first-order valence-corrected chi connectivity index (χ1v) is 6.62. The number of carbonyl (C=O) groups is 1. The molecule has 0 saturated carbocycles. The van der Waals surface area contributed by atoms with Crippen LogP contribution in [0.25, 0.3) is 0 Å². The molecule has 1 amide bonds. The van der Waals surface area contributed by atoms with Crippen molar-refractivity contribution in [1.82, 2.24) is 4.90 Å². The molecule has 5 heteroatoms. The van der Waals surface area contributed by atoms with Crippen molar-refractivity contribution in [1.29, 1.82) is 0 Å². The van der Waals surface area contributed by atoms with Gasteiger partial charge in [-0.05, 0) is 31.9 Å². The van der Waals surface area contributed by atoms with Crippen molar-refractivity contribution in [2.75, 3.05) is 25.4 Å². The molecular formula is C14H20N2O3. The lowest BCUT2D eigenvalue weighted by Gasteiger charge is -2.30. The highest BCUT2D eigenvalue weighted by Crippen LogP contribution is 2.27. The summed E-state index contributed by atoms with van der Waals surface area (Å²) in [5, 5.41) is 9.49. The third kappa shape index (κ3) is 2.98. The molecule has 1 aromatic rings. The molecule has 0 radical (unpaired) electrons. The van der Waals surface area contributed by atoms with Gasteiger partial charge in [0.1, 0.15) is 11.3 Å². The number of piperidine rings is 1. The predicted octanol–water partition coefficient (Wildman–Crippen LogP) is 1.26. The van der Waals surface area contributed by atoms with Crippen LogP contribution >= 0.6 is 0 Å². The van der Waals surface area contributed by atoms with Gasteiger partial charge in [-0.2, -0.15) is 0 Å². The first kappa shape index (κ1) is 13.7. The van der Waals surface area contributed by atoms with Crippen LogP contribution in [-0.2, 0) is 0 Å². The number of benzene rings is 1. The summed E-state index contributed by atoms with van der Waals surface area (Å²) in [6, 6.07) is 5.23. The maximum absolute atomic E-state index is 12.5. The quantitative estimate of drug-likeness (QED) is 0.806. The van der Waals surface area contributed by atoms with Gasteiger partial charge in [0.2, 0.25) is 0 Å². The molecule has 1 aliphatic rings. The second-order valence-electron chi connectivity index (χ2n) is 4.68. The lowest BCUT2D eigenvalue weighted by molar-refractivity contribution is 0.0544. The molecule has 0 aromatic heterocycles. The van der Waals surface area contributed by atoms with Gasteiger partial charge in [-0.3, -0.25) is 4.79 Å². The monoisotopic (exact) mass is 264 g/mol. The summed E-state index contributed by atoms with van der Waals surface area (Å²) in [4.78, 5) is 14.2. The summed E-state index contributed by atoms with van der Waals surface area (Å²) in [6.45, 7) is 3.47. The van der Waals surface area contributed by atoms with Crippen LogP contribution in [0.4, 0.5) is 5.69 Å². The first-order valence-electron chi connectivity index (χ1n) is 6.62. The van der Waals surface area contributed by atoms with Crippen LogP contribution in [-0.4, -0.2) is 41.7 Å². The highest BCUT2D eigenvalue weighted by molar-refractivity contribution is 6.01. The van der Waals surface area contributed by atoms with Crippen LogP contribution in [0.1, 0.15) is 30.1 Å². The molecule has 104 valence electrons. The number of nitrogens with two attached hydrogens (primary N) is 1. The molecule has 1 fully saturated rings. The van der Waals surface area contributed by atoms with E-state index in [1.807, 2.05) is 6.92 Å². The minimum absolute atomic E-state index is 0.117. The van der Waals surface area contributed by atoms with Gasteiger partial charge in [-0.25, -0.2) is 0 Å². The maximum atomic E-state index is 12.5. The third-order valence-corrected chi connectivity index (χ3v) is 3.32. The number of amides is 1. The topological polar surface area (TPSA) is 75.8 Å². The normalized spacial score (nSPS) is 16.4. The van der Waals surface area contributed by atoms with E-state index in [9.17, 15) is 9.90 Å². The molecule has 2 rings (SSSR count). The number of aliphatic hydroxyl groups is 1. The van der Waals surface area contributed by atoms with Crippen molar-refractivity contribution in [3.8, 4) is 5.75 Å². The van der Waals surface area contributed by atoms with E-state index in [4.69, 9.17) is 10.5 Å². The van der Waals surface area contributed by atoms with Crippen LogP contribution in [0.15, 0.2) is 18.2 Å². The van der Waals surface area contributed by atoms with Gasteiger partial charge in [-0.1, -0.05) is 6.07 Å². The molecular weight excluding hydrogens is 244 g/mol. The lowest BCUT2D eigenvalue weighted by atomic mass is 10.1. The van der Waals surface area contributed by atoms with E-state index < -0.39 is 0 Å².